The van der Waals surface area contributed by atoms with Gasteiger partial charge in [-0.25, -0.2) is 0 Å². The molecule has 8 heteroatoms. The number of thioether (sulfide) groups is 8. The summed E-state index contributed by atoms with van der Waals surface area (Å²) < 4.78 is 2.87. The lowest BCUT2D eigenvalue weighted by molar-refractivity contribution is 0.234. The van der Waals surface area contributed by atoms with Crippen LogP contribution in [0, 0.1) is 5.41 Å². The maximum absolute atomic E-state index is 2.52. The van der Waals surface area contributed by atoms with Crippen molar-refractivity contribution in [3.05, 3.63) is 0 Å². The first-order valence-electron chi connectivity index (χ1n) is 48.9. The minimum Gasteiger partial charge on any atom is -0.148 e. The smallest absolute Gasteiger partial charge is 0.0507 e. The van der Waals surface area contributed by atoms with Gasteiger partial charge < -0.3 is 0 Å². The summed E-state index contributed by atoms with van der Waals surface area (Å²) in [6.07, 6.45) is 110. The van der Waals surface area contributed by atoms with Crippen molar-refractivity contribution in [1.82, 2.24) is 0 Å². The summed E-state index contributed by atoms with van der Waals surface area (Å²) in [5.41, 5.74) is 0.340. The zero-order valence-corrected chi connectivity index (χ0v) is 80.0. The number of rotatable bonds is 96. The zero-order valence-electron chi connectivity index (χ0n) is 73.5. The molecule has 0 saturated heterocycles. The fourth-order valence-corrected chi connectivity index (χ4v) is 28.3. The first-order chi connectivity index (χ1) is 52.0. The lowest BCUT2D eigenvalue weighted by Crippen LogP contribution is -2.34. The average molecular weight is 1620 g/mol. The Labute approximate surface area is 701 Å². The number of hydrogen-bond donors (Lipinski definition) is 0. The highest BCUT2D eigenvalue weighted by Crippen LogP contribution is 2.54. The summed E-state index contributed by atoms with van der Waals surface area (Å²) in [5.74, 6) is 11.1. The van der Waals surface area contributed by atoms with Crippen LogP contribution in [0.3, 0.4) is 0 Å². The van der Waals surface area contributed by atoms with E-state index in [0.29, 0.717) is 23.7 Å². The Morgan fingerprint density at radius 1 is 0.124 bits per heavy atom. The molecule has 0 atom stereocenters. The van der Waals surface area contributed by atoms with E-state index in [-0.39, 0.29) is 0 Å². The van der Waals surface area contributed by atoms with E-state index >= 15 is 0 Å². The molecule has 0 nitrogen and oxygen atoms in total. The van der Waals surface area contributed by atoms with Crippen molar-refractivity contribution in [3.63, 3.8) is 0 Å². The Hall–Kier alpha value is 2.80. The van der Waals surface area contributed by atoms with Crippen LogP contribution in [0.2, 0.25) is 0 Å². The minimum absolute atomic E-state index is 0.340. The molecular formula is C97H196S8. The molecular weight excluding hydrogens is 1420 g/mol. The van der Waals surface area contributed by atoms with Gasteiger partial charge in [-0.1, -0.05) is 466 Å². The molecule has 0 unspecified atom stereocenters. The van der Waals surface area contributed by atoms with Gasteiger partial charge in [0, 0.05) is 0 Å². The first-order valence-corrected chi connectivity index (χ1v) is 57.3. The van der Waals surface area contributed by atoms with E-state index in [1.807, 2.05) is 0 Å². The lowest BCUT2D eigenvalue weighted by atomic mass is 9.77. The van der Waals surface area contributed by atoms with Gasteiger partial charge in [-0.15, -0.1) is 94.1 Å². The molecule has 0 aliphatic carbocycles. The molecule has 0 N–H and O–H groups in total. The molecule has 0 amide bonds. The van der Waals surface area contributed by atoms with Crippen LogP contribution < -0.4 is 0 Å². The highest BCUT2D eigenvalue weighted by Gasteiger charge is 2.41. The Morgan fingerprint density at radius 2 is 0.210 bits per heavy atom. The fourth-order valence-electron chi connectivity index (χ4n) is 15.6. The van der Waals surface area contributed by atoms with E-state index in [0.717, 1.165) is 0 Å². The largest absolute Gasteiger partial charge is 0.148 e. The Balaban J connectivity index is 8.11. The summed E-state index contributed by atoms with van der Waals surface area (Å²) in [7, 11) is 0. The quantitative estimate of drug-likeness (QED) is 0.0431. The van der Waals surface area contributed by atoms with Gasteiger partial charge in [-0.2, -0.15) is 0 Å². The summed E-state index contributed by atoms with van der Waals surface area (Å²) in [4.78, 5) is 0. The Morgan fingerprint density at radius 3 is 0.305 bits per heavy atom. The highest BCUT2D eigenvalue weighted by molar-refractivity contribution is 8.18. The van der Waals surface area contributed by atoms with E-state index in [9.17, 15) is 0 Å². The SMILES string of the molecule is CCCCCCCCCCCSC(CC(CC(SCCCCCCCCCCC)SCCCCCCCCCCC)(CC(SCCCCCCCCCCC)SCCCCCCCCCCC)CC(SCCCCCCCCCCC)SCCCCCCCCCCC)SCCCCCCCCCCC. The van der Waals surface area contributed by atoms with E-state index in [1.54, 1.807) is 0 Å². The Kier molecular flexibility index (Phi) is 96.5. The van der Waals surface area contributed by atoms with Crippen LogP contribution in [0.1, 0.15) is 543 Å². The molecule has 0 saturated carbocycles. The molecule has 0 aliphatic rings. The van der Waals surface area contributed by atoms with Crippen LogP contribution >= 0.6 is 94.1 Å². The molecule has 0 aliphatic heterocycles. The second-order valence-corrected chi connectivity index (χ2v) is 45.3. The van der Waals surface area contributed by atoms with E-state index < -0.39 is 0 Å². The van der Waals surface area contributed by atoms with Gasteiger partial charge in [0.05, 0.1) is 18.3 Å². The summed E-state index contributed by atoms with van der Waals surface area (Å²) in [6, 6.07) is 0. The highest BCUT2D eigenvalue weighted by atomic mass is 32.2. The summed E-state index contributed by atoms with van der Waals surface area (Å²) in [5, 5.41) is 0. The van der Waals surface area contributed by atoms with Gasteiger partial charge in [-0.05, 0) is 128 Å². The maximum atomic E-state index is 2.52. The van der Waals surface area contributed by atoms with Crippen molar-refractivity contribution < 1.29 is 0 Å². The van der Waals surface area contributed by atoms with Gasteiger partial charge >= 0.3 is 0 Å². The molecule has 105 heavy (non-hydrogen) atoms. The van der Waals surface area contributed by atoms with Crippen LogP contribution in [0.25, 0.3) is 0 Å². The van der Waals surface area contributed by atoms with Gasteiger partial charge in [0.1, 0.15) is 0 Å². The minimum atomic E-state index is 0.340. The summed E-state index contributed by atoms with van der Waals surface area (Å²) in [6.45, 7) is 19.0. The molecule has 0 heterocycles. The van der Waals surface area contributed by atoms with Crippen molar-refractivity contribution in [2.24, 2.45) is 5.41 Å². The van der Waals surface area contributed by atoms with Crippen molar-refractivity contribution >= 4 is 94.1 Å². The maximum Gasteiger partial charge on any atom is 0.0507 e. The van der Waals surface area contributed by atoms with Crippen molar-refractivity contribution in [2.45, 2.75) is 562 Å². The standard InChI is InChI=1S/C97H196S8/c1-9-17-25-33-41-49-57-65-73-81-98-93(99-82-74-66-58-50-42-34-26-18-10-2)89-97(90-94(100-83-75-67-59-51-43-35-27-19-11-3)101-84-76-68-60-52-44-36-28-20-12-4,91-95(102-85-77-69-61-53-45-37-29-21-13-5)103-86-78-70-62-54-46-38-30-22-14-6)92-96(104-87-79-71-63-55-47-39-31-23-15-7)105-88-80-72-64-56-48-40-32-24-16-8/h93-96H,9-92H2,1-8H3. The van der Waals surface area contributed by atoms with Crippen LogP contribution in [-0.2, 0) is 0 Å². The molecule has 0 aromatic carbocycles. The molecule has 0 rings (SSSR count). The molecule has 0 spiro atoms. The Bertz CT molecular complexity index is 1210. The van der Waals surface area contributed by atoms with Gasteiger partial charge in [0.2, 0.25) is 0 Å². The average Bonchev–Trinajstić information content (AvgIpc) is 0.817. The monoisotopic (exact) mass is 1620 g/mol. The van der Waals surface area contributed by atoms with Crippen molar-refractivity contribution in [2.75, 3.05) is 46.0 Å². The third kappa shape index (κ3) is 83.1. The lowest BCUT2D eigenvalue weighted by Gasteiger charge is -2.43. The van der Waals surface area contributed by atoms with Crippen LogP contribution in [0.15, 0.2) is 0 Å². The molecule has 0 aromatic heterocycles. The second-order valence-electron chi connectivity index (χ2n) is 33.6. The zero-order chi connectivity index (χ0) is 75.9. The fraction of sp³-hybridized carbons (Fsp3) is 1.00. The van der Waals surface area contributed by atoms with E-state index in [4.69, 9.17) is 0 Å². The summed E-state index contributed by atoms with van der Waals surface area (Å²) >= 11 is 20.1. The predicted molar refractivity (Wildman–Crippen MR) is 514 cm³/mol. The molecule has 0 radical (unpaired) electrons. The van der Waals surface area contributed by atoms with Crippen LogP contribution in [0.5, 0.6) is 0 Å². The third-order valence-corrected chi connectivity index (χ3v) is 34.6. The molecule has 0 fully saturated rings. The second kappa shape index (κ2) is 94.0. The van der Waals surface area contributed by atoms with E-state index in [1.165, 1.54) is 534 Å². The number of hydrogen-bond acceptors (Lipinski definition) is 8. The molecule has 0 bridgehead atoms. The topological polar surface area (TPSA) is 0 Å². The van der Waals surface area contributed by atoms with Gasteiger partial charge in [-0.3, -0.25) is 0 Å². The first kappa shape index (κ1) is 108. The van der Waals surface area contributed by atoms with Crippen molar-refractivity contribution in [1.29, 1.82) is 0 Å². The van der Waals surface area contributed by atoms with Gasteiger partial charge in [0.15, 0.2) is 0 Å². The van der Waals surface area contributed by atoms with Crippen LogP contribution in [0.4, 0.5) is 0 Å². The van der Waals surface area contributed by atoms with Crippen molar-refractivity contribution in [3.8, 4) is 0 Å². The van der Waals surface area contributed by atoms with E-state index in [2.05, 4.69) is 149 Å². The molecule has 632 valence electrons. The van der Waals surface area contributed by atoms with Crippen LogP contribution in [-0.4, -0.2) is 64.4 Å². The number of unbranched alkanes of at least 4 members (excludes halogenated alkanes) is 64. The van der Waals surface area contributed by atoms with Gasteiger partial charge in [0.25, 0.3) is 0 Å². The normalized spacial score (nSPS) is 12.2. The molecule has 0 aromatic rings. The third-order valence-electron chi connectivity index (χ3n) is 22.8. The predicted octanol–water partition coefficient (Wildman–Crippen LogP) is 38.9.